The third kappa shape index (κ3) is 3.95. The summed E-state index contributed by atoms with van der Waals surface area (Å²) in [7, 11) is 1.57. The Morgan fingerprint density at radius 3 is 2.83 bits per heavy atom. The molecule has 122 valence electrons. The molecule has 0 aromatic carbocycles. The van der Waals surface area contributed by atoms with Gasteiger partial charge in [0.05, 0.1) is 5.69 Å². The SMILES string of the molecule is CNC(=O)c1ccc(NCCc2csc(N3CCCC3)n2)nn1. The fraction of sp³-hybridized carbons (Fsp3) is 0.467. The van der Waals surface area contributed by atoms with E-state index in [1.54, 1.807) is 30.5 Å². The van der Waals surface area contributed by atoms with E-state index in [0.29, 0.717) is 11.5 Å². The van der Waals surface area contributed by atoms with Crippen LogP contribution in [0.2, 0.25) is 0 Å². The van der Waals surface area contributed by atoms with Crippen molar-refractivity contribution in [3.05, 3.63) is 28.9 Å². The molecule has 7 nitrogen and oxygen atoms in total. The molecule has 3 heterocycles. The maximum absolute atomic E-state index is 11.4. The molecule has 1 fully saturated rings. The zero-order chi connectivity index (χ0) is 16.1. The Balaban J connectivity index is 1.48. The number of carbonyl (C=O) groups excluding carboxylic acids is 1. The van der Waals surface area contributed by atoms with Crippen molar-refractivity contribution in [1.29, 1.82) is 0 Å². The highest BCUT2D eigenvalue weighted by molar-refractivity contribution is 7.13. The van der Waals surface area contributed by atoms with Gasteiger partial charge in [0, 0.05) is 38.5 Å². The molecule has 1 aliphatic heterocycles. The van der Waals surface area contributed by atoms with Gasteiger partial charge in [0.25, 0.3) is 5.91 Å². The number of hydrogen-bond donors (Lipinski definition) is 2. The third-order valence-corrected chi connectivity index (χ3v) is 4.68. The van der Waals surface area contributed by atoms with Gasteiger partial charge in [-0.3, -0.25) is 4.79 Å². The summed E-state index contributed by atoms with van der Waals surface area (Å²) in [5.74, 6) is 0.425. The van der Waals surface area contributed by atoms with Crippen LogP contribution in [0.5, 0.6) is 0 Å². The van der Waals surface area contributed by atoms with Crippen molar-refractivity contribution >= 4 is 28.2 Å². The lowest BCUT2D eigenvalue weighted by Gasteiger charge is -2.12. The Morgan fingerprint density at radius 2 is 2.13 bits per heavy atom. The maximum atomic E-state index is 11.4. The number of nitrogens with one attached hydrogen (secondary N) is 2. The summed E-state index contributed by atoms with van der Waals surface area (Å²) in [6.07, 6.45) is 3.37. The molecule has 1 aliphatic rings. The van der Waals surface area contributed by atoms with Crippen LogP contribution in [-0.4, -0.2) is 47.8 Å². The molecule has 2 aromatic rings. The number of anilines is 2. The molecule has 0 unspecified atom stereocenters. The fourth-order valence-corrected chi connectivity index (χ4v) is 3.37. The lowest BCUT2D eigenvalue weighted by molar-refractivity contribution is 0.0957. The minimum absolute atomic E-state index is 0.235. The summed E-state index contributed by atoms with van der Waals surface area (Å²) in [5, 5.41) is 16.9. The summed E-state index contributed by atoms with van der Waals surface area (Å²) in [4.78, 5) is 18.4. The topological polar surface area (TPSA) is 83.0 Å². The molecule has 2 N–H and O–H groups in total. The number of carbonyl (C=O) groups is 1. The molecular formula is C15H20N6OS. The molecule has 0 atom stereocenters. The van der Waals surface area contributed by atoms with Gasteiger partial charge in [-0.1, -0.05) is 0 Å². The Kier molecular flexibility index (Phi) is 5.02. The van der Waals surface area contributed by atoms with E-state index in [1.165, 1.54) is 12.8 Å². The number of hydrogen-bond acceptors (Lipinski definition) is 7. The molecule has 1 amide bonds. The molecule has 2 aromatic heterocycles. The van der Waals surface area contributed by atoms with Crippen LogP contribution in [-0.2, 0) is 6.42 Å². The van der Waals surface area contributed by atoms with Crippen molar-refractivity contribution < 1.29 is 4.79 Å². The summed E-state index contributed by atoms with van der Waals surface area (Å²) in [6, 6.07) is 3.41. The Morgan fingerprint density at radius 1 is 1.30 bits per heavy atom. The smallest absolute Gasteiger partial charge is 0.271 e. The maximum Gasteiger partial charge on any atom is 0.271 e. The van der Waals surface area contributed by atoms with Gasteiger partial charge in [0.2, 0.25) is 0 Å². The summed E-state index contributed by atoms with van der Waals surface area (Å²) >= 11 is 1.72. The number of aromatic nitrogens is 3. The second-order valence-corrected chi connectivity index (χ2v) is 6.21. The van der Waals surface area contributed by atoms with Gasteiger partial charge in [0.1, 0.15) is 5.82 Å². The van der Waals surface area contributed by atoms with Crippen LogP contribution in [0.3, 0.4) is 0 Å². The van der Waals surface area contributed by atoms with Gasteiger partial charge >= 0.3 is 0 Å². The van der Waals surface area contributed by atoms with E-state index in [-0.39, 0.29) is 5.91 Å². The predicted octanol–water partition coefficient (Wildman–Crippen LogP) is 1.55. The van der Waals surface area contributed by atoms with Crippen molar-refractivity contribution in [2.24, 2.45) is 0 Å². The van der Waals surface area contributed by atoms with Gasteiger partial charge < -0.3 is 15.5 Å². The van der Waals surface area contributed by atoms with Gasteiger partial charge in [0.15, 0.2) is 10.8 Å². The van der Waals surface area contributed by atoms with Crippen LogP contribution in [0.4, 0.5) is 10.9 Å². The Hall–Kier alpha value is -2.22. The monoisotopic (exact) mass is 332 g/mol. The molecule has 23 heavy (non-hydrogen) atoms. The molecule has 0 spiro atoms. The molecule has 0 saturated carbocycles. The number of thiazole rings is 1. The van der Waals surface area contributed by atoms with Gasteiger partial charge in [-0.15, -0.1) is 21.5 Å². The zero-order valence-corrected chi connectivity index (χ0v) is 13.9. The highest BCUT2D eigenvalue weighted by Crippen LogP contribution is 2.24. The van der Waals surface area contributed by atoms with Crippen LogP contribution in [0.25, 0.3) is 0 Å². The average Bonchev–Trinajstić information content (AvgIpc) is 3.26. The molecule has 8 heteroatoms. The van der Waals surface area contributed by atoms with E-state index in [1.807, 2.05) is 0 Å². The first-order chi connectivity index (χ1) is 11.3. The fourth-order valence-electron chi connectivity index (χ4n) is 2.46. The van der Waals surface area contributed by atoms with E-state index in [2.05, 4.69) is 36.1 Å². The average molecular weight is 332 g/mol. The molecule has 3 rings (SSSR count). The molecule has 0 bridgehead atoms. The predicted molar refractivity (Wildman–Crippen MR) is 91.2 cm³/mol. The largest absolute Gasteiger partial charge is 0.368 e. The lowest BCUT2D eigenvalue weighted by atomic mass is 10.3. The molecule has 1 saturated heterocycles. The number of amides is 1. The first kappa shape index (κ1) is 15.7. The summed E-state index contributed by atoms with van der Waals surface area (Å²) < 4.78 is 0. The second-order valence-electron chi connectivity index (χ2n) is 5.38. The first-order valence-corrected chi connectivity index (χ1v) is 8.63. The lowest BCUT2D eigenvalue weighted by Crippen LogP contribution is -2.20. The minimum Gasteiger partial charge on any atom is -0.368 e. The van der Waals surface area contributed by atoms with E-state index in [4.69, 9.17) is 0 Å². The summed E-state index contributed by atoms with van der Waals surface area (Å²) in [6.45, 7) is 2.98. The van der Waals surface area contributed by atoms with Gasteiger partial charge in [-0.2, -0.15) is 0 Å². The number of nitrogens with zero attached hydrogens (tertiary/aromatic N) is 4. The second kappa shape index (κ2) is 7.36. The molecular weight excluding hydrogens is 312 g/mol. The Labute approximate surface area is 139 Å². The Bertz CT molecular complexity index is 650. The number of rotatable bonds is 6. The molecule has 0 radical (unpaired) electrons. The van der Waals surface area contributed by atoms with Gasteiger partial charge in [-0.05, 0) is 25.0 Å². The van der Waals surface area contributed by atoms with Crippen LogP contribution in [0.1, 0.15) is 29.0 Å². The van der Waals surface area contributed by atoms with Crippen LogP contribution >= 0.6 is 11.3 Å². The van der Waals surface area contributed by atoms with Crippen molar-refractivity contribution in [3.8, 4) is 0 Å². The highest BCUT2D eigenvalue weighted by Gasteiger charge is 2.15. The van der Waals surface area contributed by atoms with Crippen molar-refractivity contribution in [1.82, 2.24) is 20.5 Å². The third-order valence-electron chi connectivity index (χ3n) is 3.73. The van der Waals surface area contributed by atoms with Crippen LogP contribution in [0, 0.1) is 0 Å². The van der Waals surface area contributed by atoms with Crippen LogP contribution in [0.15, 0.2) is 17.5 Å². The van der Waals surface area contributed by atoms with E-state index in [9.17, 15) is 4.79 Å². The minimum atomic E-state index is -0.235. The van der Waals surface area contributed by atoms with Crippen molar-refractivity contribution in [2.45, 2.75) is 19.3 Å². The summed E-state index contributed by atoms with van der Waals surface area (Å²) in [5.41, 5.74) is 1.41. The van der Waals surface area contributed by atoms with Crippen molar-refractivity contribution in [2.75, 3.05) is 36.9 Å². The zero-order valence-electron chi connectivity index (χ0n) is 13.1. The standard InChI is InChI=1S/C15H20N6OS/c1-16-14(22)12-4-5-13(20-19-12)17-7-6-11-10-23-15(18-11)21-8-2-3-9-21/h4-5,10H,2-3,6-9H2,1H3,(H,16,22)(H,17,20). The van der Waals surface area contributed by atoms with Gasteiger partial charge in [-0.25, -0.2) is 4.98 Å². The quantitative estimate of drug-likeness (QED) is 0.835. The highest BCUT2D eigenvalue weighted by atomic mass is 32.1. The van der Waals surface area contributed by atoms with Crippen LogP contribution < -0.4 is 15.5 Å². The van der Waals surface area contributed by atoms with E-state index >= 15 is 0 Å². The van der Waals surface area contributed by atoms with E-state index in [0.717, 1.165) is 36.9 Å². The first-order valence-electron chi connectivity index (χ1n) is 7.75. The normalized spacial score (nSPS) is 14.0. The van der Waals surface area contributed by atoms with Crippen molar-refractivity contribution in [3.63, 3.8) is 0 Å². The van der Waals surface area contributed by atoms with E-state index < -0.39 is 0 Å². The molecule has 0 aliphatic carbocycles.